The lowest BCUT2D eigenvalue weighted by Crippen LogP contribution is -2.16. The fourth-order valence-corrected chi connectivity index (χ4v) is 4.21. The minimum Gasteiger partial charge on any atom is -0.464 e. The molecular weight excluding hydrogens is 372 g/mol. The maximum Gasteiger partial charge on any atom is 0.285 e. The Hall–Kier alpha value is -2.73. The zero-order chi connectivity index (χ0) is 19.7. The number of aryl methyl sites for hydroxylation is 2. The van der Waals surface area contributed by atoms with Gasteiger partial charge in [0.25, 0.3) is 5.24 Å². The molecular formula is C22H22N2O3S. The number of fused-ring (bicyclic) bond motifs is 2. The standard InChI is InChI=1S/C22H22N2O3S/c1-24(2)22(26)28-18-8-4-7-17(12-18)23-21(25)11-16-13-27-20-10-15-6-3-5-14(15)9-19(16)20/h4,7-10,12-13H,3,5-6,11H2,1-2H3,(H,23,25). The fraction of sp³-hybridized carbons (Fsp3) is 0.273. The Balaban J connectivity index is 1.46. The van der Waals surface area contributed by atoms with Crippen LogP contribution in [-0.4, -0.2) is 30.1 Å². The van der Waals surface area contributed by atoms with Gasteiger partial charge in [-0.15, -0.1) is 0 Å². The Morgan fingerprint density at radius 1 is 1.14 bits per heavy atom. The van der Waals surface area contributed by atoms with Crippen LogP contribution in [0.1, 0.15) is 23.1 Å². The highest BCUT2D eigenvalue weighted by Crippen LogP contribution is 2.31. The molecule has 0 atom stereocenters. The van der Waals surface area contributed by atoms with E-state index in [0.717, 1.165) is 46.0 Å². The van der Waals surface area contributed by atoms with E-state index in [-0.39, 0.29) is 17.6 Å². The lowest BCUT2D eigenvalue weighted by Gasteiger charge is -2.10. The monoisotopic (exact) mass is 394 g/mol. The van der Waals surface area contributed by atoms with Gasteiger partial charge >= 0.3 is 0 Å². The minimum absolute atomic E-state index is 0.0547. The van der Waals surface area contributed by atoms with Crippen LogP contribution in [0, 0.1) is 0 Å². The van der Waals surface area contributed by atoms with Crippen LogP contribution in [0.25, 0.3) is 11.0 Å². The summed E-state index contributed by atoms with van der Waals surface area (Å²) in [5.41, 5.74) is 5.15. The number of furan rings is 1. The number of nitrogens with zero attached hydrogens (tertiary/aromatic N) is 1. The van der Waals surface area contributed by atoms with Crippen LogP contribution < -0.4 is 5.32 Å². The largest absolute Gasteiger partial charge is 0.464 e. The average Bonchev–Trinajstić information content (AvgIpc) is 3.26. The van der Waals surface area contributed by atoms with Gasteiger partial charge in [0.05, 0.1) is 12.7 Å². The zero-order valence-electron chi connectivity index (χ0n) is 16.0. The lowest BCUT2D eigenvalue weighted by atomic mass is 10.0. The summed E-state index contributed by atoms with van der Waals surface area (Å²) >= 11 is 1.13. The number of rotatable bonds is 4. The van der Waals surface area contributed by atoms with E-state index in [1.807, 2.05) is 24.3 Å². The van der Waals surface area contributed by atoms with E-state index in [9.17, 15) is 9.59 Å². The molecule has 0 saturated carbocycles. The molecule has 0 saturated heterocycles. The summed E-state index contributed by atoms with van der Waals surface area (Å²) in [6, 6.07) is 11.6. The number of anilines is 1. The number of carbonyl (C=O) groups excluding carboxylic acids is 2. The van der Waals surface area contributed by atoms with Crippen LogP contribution in [0.3, 0.4) is 0 Å². The van der Waals surface area contributed by atoms with Gasteiger partial charge in [0, 0.05) is 35.6 Å². The Morgan fingerprint density at radius 2 is 1.93 bits per heavy atom. The Kier molecular flexibility index (Phi) is 5.13. The van der Waals surface area contributed by atoms with Crippen LogP contribution >= 0.6 is 11.8 Å². The van der Waals surface area contributed by atoms with E-state index in [0.29, 0.717) is 5.69 Å². The van der Waals surface area contributed by atoms with Crippen molar-refractivity contribution in [2.75, 3.05) is 19.4 Å². The number of thioether (sulfide) groups is 1. The second-order valence-electron chi connectivity index (χ2n) is 7.25. The third-order valence-corrected chi connectivity index (χ3v) is 5.94. The molecule has 0 aliphatic heterocycles. The van der Waals surface area contributed by atoms with E-state index in [2.05, 4.69) is 17.4 Å². The second kappa shape index (κ2) is 7.72. The average molecular weight is 394 g/mol. The summed E-state index contributed by atoms with van der Waals surface area (Å²) in [4.78, 5) is 26.7. The van der Waals surface area contributed by atoms with Gasteiger partial charge in [-0.1, -0.05) is 6.07 Å². The minimum atomic E-state index is -0.107. The molecule has 3 aromatic rings. The van der Waals surface area contributed by atoms with Gasteiger partial charge in [0.15, 0.2) is 0 Å². The van der Waals surface area contributed by atoms with Crippen molar-refractivity contribution < 1.29 is 14.0 Å². The molecule has 2 aromatic carbocycles. The molecule has 0 radical (unpaired) electrons. The maximum atomic E-state index is 12.6. The molecule has 1 aliphatic carbocycles. The van der Waals surface area contributed by atoms with Crippen molar-refractivity contribution >= 4 is 39.6 Å². The first kappa shape index (κ1) is 18.6. The van der Waals surface area contributed by atoms with Crippen molar-refractivity contribution in [2.45, 2.75) is 30.6 Å². The van der Waals surface area contributed by atoms with Crippen LogP contribution in [0.15, 0.2) is 52.0 Å². The van der Waals surface area contributed by atoms with E-state index < -0.39 is 0 Å². The van der Waals surface area contributed by atoms with E-state index >= 15 is 0 Å². The molecule has 0 spiro atoms. The molecule has 5 nitrogen and oxygen atoms in total. The lowest BCUT2D eigenvalue weighted by molar-refractivity contribution is -0.115. The van der Waals surface area contributed by atoms with Crippen LogP contribution in [0.2, 0.25) is 0 Å². The number of amides is 2. The van der Waals surface area contributed by atoms with Crippen molar-refractivity contribution in [1.82, 2.24) is 4.90 Å². The predicted octanol–water partition coefficient (Wildman–Crippen LogP) is 4.88. The molecule has 2 amide bonds. The summed E-state index contributed by atoms with van der Waals surface area (Å²) in [6.45, 7) is 0. The summed E-state index contributed by atoms with van der Waals surface area (Å²) in [6.07, 6.45) is 5.31. The summed E-state index contributed by atoms with van der Waals surface area (Å²) in [7, 11) is 3.43. The summed E-state index contributed by atoms with van der Waals surface area (Å²) in [5.74, 6) is -0.107. The van der Waals surface area contributed by atoms with Gasteiger partial charge in [-0.2, -0.15) is 0 Å². The molecule has 1 aliphatic rings. The van der Waals surface area contributed by atoms with Crippen molar-refractivity contribution in [2.24, 2.45) is 0 Å². The first-order valence-electron chi connectivity index (χ1n) is 9.30. The SMILES string of the molecule is CN(C)C(=O)Sc1cccc(NC(=O)Cc2coc3cc4c(cc23)CCC4)c1. The Morgan fingerprint density at radius 3 is 2.71 bits per heavy atom. The van der Waals surface area contributed by atoms with E-state index in [1.54, 1.807) is 20.4 Å². The summed E-state index contributed by atoms with van der Waals surface area (Å²) < 4.78 is 5.69. The maximum absolute atomic E-state index is 12.6. The smallest absolute Gasteiger partial charge is 0.285 e. The Bertz CT molecular complexity index is 1060. The number of benzene rings is 2. The van der Waals surface area contributed by atoms with Gasteiger partial charge in [0.1, 0.15) is 5.58 Å². The summed E-state index contributed by atoms with van der Waals surface area (Å²) in [5, 5.41) is 3.89. The van der Waals surface area contributed by atoms with Gasteiger partial charge in [0.2, 0.25) is 5.91 Å². The highest BCUT2D eigenvalue weighted by Gasteiger charge is 2.17. The molecule has 1 N–H and O–H groups in total. The first-order chi connectivity index (χ1) is 13.5. The van der Waals surface area contributed by atoms with Gasteiger partial charge in [-0.05, 0) is 72.5 Å². The molecule has 0 unspecified atom stereocenters. The van der Waals surface area contributed by atoms with Crippen molar-refractivity contribution in [3.63, 3.8) is 0 Å². The molecule has 1 heterocycles. The van der Waals surface area contributed by atoms with Crippen molar-refractivity contribution in [1.29, 1.82) is 0 Å². The molecule has 144 valence electrons. The normalized spacial score (nSPS) is 12.8. The second-order valence-corrected chi connectivity index (χ2v) is 8.27. The Labute approximate surface area is 168 Å². The van der Waals surface area contributed by atoms with Crippen LogP contribution in [0.4, 0.5) is 10.5 Å². The van der Waals surface area contributed by atoms with Gasteiger partial charge in [-0.3, -0.25) is 9.59 Å². The first-order valence-corrected chi connectivity index (χ1v) is 10.1. The van der Waals surface area contributed by atoms with Crippen LogP contribution in [0.5, 0.6) is 0 Å². The third-order valence-electron chi connectivity index (χ3n) is 4.91. The predicted molar refractivity (Wildman–Crippen MR) is 112 cm³/mol. The van der Waals surface area contributed by atoms with Gasteiger partial charge in [-0.25, -0.2) is 0 Å². The quantitative estimate of drug-likeness (QED) is 0.641. The van der Waals surface area contributed by atoms with Crippen molar-refractivity contribution in [3.05, 3.63) is 59.4 Å². The topological polar surface area (TPSA) is 62.6 Å². The molecule has 28 heavy (non-hydrogen) atoms. The van der Waals surface area contributed by atoms with Crippen LogP contribution in [-0.2, 0) is 24.1 Å². The molecule has 0 fully saturated rings. The molecule has 4 rings (SSSR count). The fourth-order valence-electron chi connectivity index (χ4n) is 3.49. The third kappa shape index (κ3) is 3.92. The number of hydrogen-bond acceptors (Lipinski definition) is 4. The molecule has 1 aromatic heterocycles. The number of hydrogen-bond donors (Lipinski definition) is 1. The molecule has 6 heteroatoms. The number of carbonyl (C=O) groups is 2. The van der Waals surface area contributed by atoms with E-state index in [4.69, 9.17) is 4.42 Å². The number of nitrogens with one attached hydrogen (secondary N) is 1. The zero-order valence-corrected chi connectivity index (χ0v) is 16.8. The highest BCUT2D eigenvalue weighted by molar-refractivity contribution is 8.13. The van der Waals surface area contributed by atoms with Crippen molar-refractivity contribution in [3.8, 4) is 0 Å². The van der Waals surface area contributed by atoms with E-state index in [1.165, 1.54) is 22.4 Å². The highest BCUT2D eigenvalue weighted by atomic mass is 32.2. The molecule has 0 bridgehead atoms. The van der Waals surface area contributed by atoms with Gasteiger partial charge < -0.3 is 14.6 Å².